The average molecular weight is 246 g/mol. The molecule has 4 heteroatoms. The summed E-state index contributed by atoms with van der Waals surface area (Å²) in [7, 11) is 0. The maximum absolute atomic E-state index is 9.02. The van der Waals surface area contributed by atoms with Gasteiger partial charge in [-0.25, -0.2) is 0 Å². The first-order valence-electron chi connectivity index (χ1n) is 6.12. The Kier molecular flexibility index (Phi) is 4.64. The van der Waals surface area contributed by atoms with Crippen LogP contribution in [0, 0.1) is 0 Å². The van der Waals surface area contributed by atoms with Crippen molar-refractivity contribution < 1.29 is 10.2 Å². The number of hydrogen-bond acceptors (Lipinski definition) is 4. The quantitative estimate of drug-likeness (QED) is 0.799. The Bertz CT molecular complexity index is 491. The van der Waals surface area contributed by atoms with Gasteiger partial charge < -0.3 is 10.2 Å². The Balaban J connectivity index is 2.24. The zero-order valence-electron chi connectivity index (χ0n) is 10.3. The largest absolute Gasteiger partial charge is 0.395 e. The van der Waals surface area contributed by atoms with E-state index >= 15 is 0 Å². The highest BCUT2D eigenvalue weighted by Crippen LogP contribution is 2.17. The molecule has 0 fully saturated rings. The Morgan fingerprint density at radius 1 is 1.00 bits per heavy atom. The van der Waals surface area contributed by atoms with Crippen LogP contribution in [0.25, 0.3) is 10.9 Å². The van der Waals surface area contributed by atoms with Gasteiger partial charge in [-0.3, -0.25) is 9.88 Å². The molecule has 2 rings (SSSR count). The van der Waals surface area contributed by atoms with Crippen molar-refractivity contribution in [1.82, 2.24) is 9.88 Å². The summed E-state index contributed by atoms with van der Waals surface area (Å²) >= 11 is 0. The second kappa shape index (κ2) is 6.44. The first-order chi connectivity index (χ1) is 8.85. The molecule has 96 valence electrons. The third-order valence-corrected chi connectivity index (χ3v) is 2.97. The maximum Gasteiger partial charge on any atom is 0.0705 e. The van der Waals surface area contributed by atoms with E-state index in [0.717, 1.165) is 10.9 Å². The lowest BCUT2D eigenvalue weighted by Gasteiger charge is -2.20. The van der Waals surface area contributed by atoms with Crippen molar-refractivity contribution in [1.29, 1.82) is 0 Å². The number of fused-ring (bicyclic) bond motifs is 1. The second-order valence-electron chi connectivity index (χ2n) is 4.21. The molecular weight excluding hydrogens is 228 g/mol. The van der Waals surface area contributed by atoms with E-state index in [2.05, 4.69) is 4.98 Å². The molecule has 4 nitrogen and oxygen atoms in total. The first-order valence-corrected chi connectivity index (χ1v) is 6.12. The third-order valence-electron chi connectivity index (χ3n) is 2.97. The summed E-state index contributed by atoms with van der Waals surface area (Å²) < 4.78 is 0. The van der Waals surface area contributed by atoms with Gasteiger partial charge in [0.05, 0.1) is 18.7 Å². The van der Waals surface area contributed by atoms with E-state index in [0.29, 0.717) is 19.6 Å². The molecule has 2 N–H and O–H groups in total. The zero-order valence-corrected chi connectivity index (χ0v) is 10.3. The van der Waals surface area contributed by atoms with Crippen LogP contribution in [0.15, 0.2) is 36.5 Å². The zero-order chi connectivity index (χ0) is 12.8. The maximum atomic E-state index is 9.02. The van der Waals surface area contributed by atoms with Crippen molar-refractivity contribution in [3.63, 3.8) is 0 Å². The molecule has 0 aliphatic heterocycles. The highest BCUT2D eigenvalue weighted by Gasteiger charge is 2.07. The highest BCUT2D eigenvalue weighted by atomic mass is 16.3. The Morgan fingerprint density at radius 3 is 2.44 bits per heavy atom. The molecule has 0 amide bonds. The fourth-order valence-electron chi connectivity index (χ4n) is 2.09. The lowest BCUT2D eigenvalue weighted by atomic mass is 10.1. The van der Waals surface area contributed by atoms with Gasteiger partial charge in [0, 0.05) is 31.2 Å². The van der Waals surface area contributed by atoms with E-state index in [1.54, 1.807) is 6.20 Å². The molecular formula is C14H18N2O2. The number of hydrogen-bond donors (Lipinski definition) is 2. The van der Waals surface area contributed by atoms with Crippen LogP contribution in [0.5, 0.6) is 0 Å². The molecule has 0 saturated heterocycles. The smallest absolute Gasteiger partial charge is 0.0705 e. The van der Waals surface area contributed by atoms with E-state index in [9.17, 15) is 0 Å². The molecule has 0 spiro atoms. The summed E-state index contributed by atoms with van der Waals surface area (Å²) in [5.74, 6) is 0. The summed E-state index contributed by atoms with van der Waals surface area (Å²) in [6.07, 6.45) is 1.80. The van der Waals surface area contributed by atoms with Crippen molar-refractivity contribution in [2.75, 3.05) is 26.3 Å². The molecule has 0 atom stereocenters. The number of aliphatic hydroxyl groups excluding tert-OH is 2. The standard InChI is InChI=1S/C14H18N2O2/c17-9-7-16(8-10-18)11-12-5-6-15-14-4-2-1-3-13(12)14/h1-6,17-18H,7-11H2. The summed E-state index contributed by atoms with van der Waals surface area (Å²) in [5, 5.41) is 19.2. The van der Waals surface area contributed by atoms with E-state index in [4.69, 9.17) is 10.2 Å². The fourth-order valence-corrected chi connectivity index (χ4v) is 2.09. The summed E-state index contributed by atoms with van der Waals surface area (Å²) in [5.41, 5.74) is 2.14. The van der Waals surface area contributed by atoms with E-state index < -0.39 is 0 Å². The van der Waals surface area contributed by atoms with Crippen molar-refractivity contribution in [2.24, 2.45) is 0 Å². The minimum absolute atomic E-state index is 0.100. The average Bonchev–Trinajstić information content (AvgIpc) is 2.40. The van der Waals surface area contributed by atoms with Gasteiger partial charge in [0.15, 0.2) is 0 Å². The van der Waals surface area contributed by atoms with Crippen LogP contribution in [0.1, 0.15) is 5.56 Å². The lowest BCUT2D eigenvalue weighted by molar-refractivity contribution is 0.156. The monoisotopic (exact) mass is 246 g/mol. The van der Waals surface area contributed by atoms with Gasteiger partial charge in [-0.05, 0) is 17.7 Å². The van der Waals surface area contributed by atoms with Gasteiger partial charge in [-0.15, -0.1) is 0 Å². The van der Waals surface area contributed by atoms with E-state index in [-0.39, 0.29) is 13.2 Å². The molecule has 18 heavy (non-hydrogen) atoms. The SMILES string of the molecule is OCCN(CCO)Cc1ccnc2ccccc12. The number of rotatable bonds is 6. The van der Waals surface area contributed by atoms with Gasteiger partial charge in [0.1, 0.15) is 0 Å². The second-order valence-corrected chi connectivity index (χ2v) is 4.21. The Morgan fingerprint density at radius 2 is 1.72 bits per heavy atom. The Hall–Kier alpha value is -1.49. The number of para-hydroxylation sites is 1. The minimum Gasteiger partial charge on any atom is -0.395 e. The van der Waals surface area contributed by atoms with E-state index in [1.807, 2.05) is 35.2 Å². The molecule has 2 aromatic rings. The minimum atomic E-state index is 0.100. The summed E-state index contributed by atoms with van der Waals surface area (Å²) in [6.45, 7) is 2.05. The molecule has 1 heterocycles. The predicted octanol–water partition coefficient (Wildman–Crippen LogP) is 1.02. The van der Waals surface area contributed by atoms with Gasteiger partial charge in [0.2, 0.25) is 0 Å². The van der Waals surface area contributed by atoms with Gasteiger partial charge >= 0.3 is 0 Å². The lowest BCUT2D eigenvalue weighted by Crippen LogP contribution is -2.29. The van der Waals surface area contributed by atoms with Gasteiger partial charge in [-0.1, -0.05) is 18.2 Å². The number of pyridine rings is 1. The van der Waals surface area contributed by atoms with Gasteiger partial charge in [0.25, 0.3) is 0 Å². The van der Waals surface area contributed by atoms with Crippen LogP contribution in [0.2, 0.25) is 0 Å². The third kappa shape index (κ3) is 3.04. The van der Waals surface area contributed by atoms with Crippen molar-refractivity contribution in [3.8, 4) is 0 Å². The molecule has 0 bridgehead atoms. The van der Waals surface area contributed by atoms with Crippen molar-refractivity contribution in [2.45, 2.75) is 6.54 Å². The number of nitrogens with zero attached hydrogens (tertiary/aromatic N) is 2. The number of aromatic nitrogens is 1. The van der Waals surface area contributed by atoms with Crippen LogP contribution in [0.4, 0.5) is 0 Å². The number of benzene rings is 1. The predicted molar refractivity (Wildman–Crippen MR) is 71.2 cm³/mol. The molecule has 1 aromatic heterocycles. The molecule has 0 unspecified atom stereocenters. The summed E-state index contributed by atoms with van der Waals surface area (Å²) in [4.78, 5) is 6.35. The van der Waals surface area contributed by atoms with Crippen LogP contribution in [-0.2, 0) is 6.54 Å². The molecule has 0 aliphatic rings. The fraction of sp³-hybridized carbons (Fsp3) is 0.357. The van der Waals surface area contributed by atoms with E-state index in [1.165, 1.54) is 5.56 Å². The van der Waals surface area contributed by atoms with Crippen LogP contribution in [-0.4, -0.2) is 46.4 Å². The van der Waals surface area contributed by atoms with Crippen molar-refractivity contribution in [3.05, 3.63) is 42.1 Å². The van der Waals surface area contributed by atoms with Crippen molar-refractivity contribution >= 4 is 10.9 Å². The van der Waals surface area contributed by atoms with Crippen LogP contribution in [0.3, 0.4) is 0 Å². The normalized spacial score (nSPS) is 11.3. The molecule has 0 aliphatic carbocycles. The topological polar surface area (TPSA) is 56.6 Å². The molecule has 0 radical (unpaired) electrons. The van der Waals surface area contributed by atoms with Gasteiger partial charge in [-0.2, -0.15) is 0 Å². The highest BCUT2D eigenvalue weighted by molar-refractivity contribution is 5.81. The van der Waals surface area contributed by atoms with Crippen LogP contribution >= 0.6 is 0 Å². The first kappa shape index (κ1) is 13.0. The molecule has 1 aromatic carbocycles. The molecule has 0 saturated carbocycles. The summed E-state index contributed by atoms with van der Waals surface area (Å²) in [6, 6.07) is 9.99. The van der Waals surface area contributed by atoms with Crippen LogP contribution < -0.4 is 0 Å². The Labute approximate surface area is 107 Å². The number of aliphatic hydroxyl groups is 2.